The Hall–Kier alpha value is -2.88. The van der Waals surface area contributed by atoms with Crippen molar-refractivity contribution < 1.29 is 9.32 Å². The average Bonchev–Trinajstić information content (AvgIpc) is 3.22. The Bertz CT molecular complexity index is 846. The van der Waals surface area contributed by atoms with Gasteiger partial charge in [0, 0.05) is 18.0 Å². The van der Waals surface area contributed by atoms with Crippen molar-refractivity contribution in [3.63, 3.8) is 0 Å². The van der Waals surface area contributed by atoms with Gasteiger partial charge in [0.05, 0.1) is 0 Å². The van der Waals surface area contributed by atoms with Crippen molar-refractivity contribution in [2.75, 3.05) is 5.32 Å². The second kappa shape index (κ2) is 7.34. The number of hydrogen-bond donors (Lipinski definition) is 2. The SMILES string of the molecule is Cc1nnc(NC(=O)NC(c2nc(-c3cccnc3)no2)C(C)C)s1. The van der Waals surface area contributed by atoms with Gasteiger partial charge in [0.1, 0.15) is 11.0 Å². The highest BCUT2D eigenvalue weighted by molar-refractivity contribution is 7.15. The molecule has 0 spiro atoms. The van der Waals surface area contributed by atoms with Crippen molar-refractivity contribution in [3.8, 4) is 11.4 Å². The van der Waals surface area contributed by atoms with E-state index >= 15 is 0 Å². The van der Waals surface area contributed by atoms with Crippen molar-refractivity contribution in [2.45, 2.75) is 26.8 Å². The number of nitrogens with zero attached hydrogens (tertiary/aromatic N) is 5. The van der Waals surface area contributed by atoms with Crippen LogP contribution in [0.3, 0.4) is 0 Å². The molecule has 10 heteroatoms. The highest BCUT2D eigenvalue weighted by Crippen LogP contribution is 2.23. The molecule has 0 radical (unpaired) electrons. The Balaban J connectivity index is 1.73. The Morgan fingerprint density at radius 2 is 2.16 bits per heavy atom. The molecule has 2 amide bonds. The molecule has 0 aliphatic heterocycles. The molecule has 3 aromatic heterocycles. The Morgan fingerprint density at radius 3 is 2.80 bits per heavy atom. The zero-order valence-electron chi connectivity index (χ0n) is 13.9. The van der Waals surface area contributed by atoms with Crippen LogP contribution in [0, 0.1) is 12.8 Å². The highest BCUT2D eigenvalue weighted by atomic mass is 32.1. The summed E-state index contributed by atoms with van der Waals surface area (Å²) in [7, 11) is 0. The van der Waals surface area contributed by atoms with Crippen molar-refractivity contribution in [1.82, 2.24) is 30.6 Å². The monoisotopic (exact) mass is 359 g/mol. The first kappa shape index (κ1) is 17.0. The summed E-state index contributed by atoms with van der Waals surface area (Å²) in [6.07, 6.45) is 3.32. The Morgan fingerprint density at radius 1 is 1.32 bits per heavy atom. The molecule has 2 N–H and O–H groups in total. The van der Waals surface area contributed by atoms with Gasteiger partial charge < -0.3 is 9.84 Å². The largest absolute Gasteiger partial charge is 0.337 e. The van der Waals surface area contributed by atoms with Crippen LogP contribution in [0.25, 0.3) is 11.4 Å². The molecule has 0 bridgehead atoms. The van der Waals surface area contributed by atoms with Crippen LogP contribution in [0.1, 0.15) is 30.8 Å². The van der Waals surface area contributed by atoms with Gasteiger partial charge in [0.2, 0.25) is 16.8 Å². The third-order valence-corrected chi connectivity index (χ3v) is 4.08. The fraction of sp³-hybridized carbons (Fsp3) is 0.333. The number of carbonyl (C=O) groups excluding carboxylic acids is 1. The van der Waals surface area contributed by atoms with Gasteiger partial charge >= 0.3 is 6.03 Å². The van der Waals surface area contributed by atoms with Gasteiger partial charge in [-0.1, -0.05) is 30.3 Å². The lowest BCUT2D eigenvalue weighted by atomic mass is 10.0. The first-order valence-corrected chi connectivity index (χ1v) is 8.46. The lowest BCUT2D eigenvalue weighted by Gasteiger charge is -2.18. The number of hydrogen-bond acceptors (Lipinski definition) is 8. The Labute approximate surface area is 147 Å². The van der Waals surface area contributed by atoms with Gasteiger partial charge in [-0.2, -0.15) is 4.98 Å². The number of nitrogens with one attached hydrogen (secondary N) is 2. The molecule has 3 heterocycles. The number of rotatable bonds is 5. The minimum absolute atomic E-state index is 0.0455. The van der Waals surface area contributed by atoms with Gasteiger partial charge in [0.25, 0.3) is 0 Å². The minimum Gasteiger partial charge on any atom is -0.337 e. The normalized spacial score (nSPS) is 12.2. The smallest absolute Gasteiger partial charge is 0.321 e. The van der Waals surface area contributed by atoms with E-state index in [1.54, 1.807) is 18.5 Å². The second-order valence-electron chi connectivity index (χ2n) is 5.64. The third-order valence-electron chi connectivity index (χ3n) is 3.33. The molecule has 9 nitrogen and oxygen atoms in total. The van der Waals surface area contributed by atoms with E-state index in [-0.39, 0.29) is 5.92 Å². The standard InChI is InChI=1S/C15H17N7O2S/c1-8(2)11(17-14(23)19-15-21-20-9(3)25-15)13-18-12(22-24-13)10-5-4-6-16-7-10/h4-8,11H,1-3H3,(H2,17,19,21,23). The quantitative estimate of drug-likeness (QED) is 0.719. The van der Waals surface area contributed by atoms with Gasteiger partial charge in [0.15, 0.2) is 0 Å². The predicted molar refractivity (Wildman–Crippen MR) is 91.9 cm³/mol. The summed E-state index contributed by atoms with van der Waals surface area (Å²) in [4.78, 5) is 20.6. The number of pyridine rings is 1. The van der Waals surface area contributed by atoms with Crippen LogP contribution in [0.15, 0.2) is 29.0 Å². The summed E-state index contributed by atoms with van der Waals surface area (Å²) in [6.45, 7) is 5.72. The van der Waals surface area contributed by atoms with E-state index in [1.807, 2.05) is 26.8 Å². The molecular weight excluding hydrogens is 342 g/mol. The van der Waals surface area contributed by atoms with Crippen LogP contribution in [-0.2, 0) is 0 Å². The van der Waals surface area contributed by atoms with Crippen LogP contribution < -0.4 is 10.6 Å². The summed E-state index contributed by atoms with van der Waals surface area (Å²) < 4.78 is 5.34. The van der Waals surface area contributed by atoms with E-state index < -0.39 is 12.1 Å². The van der Waals surface area contributed by atoms with Gasteiger partial charge in [-0.15, -0.1) is 10.2 Å². The number of amides is 2. The van der Waals surface area contributed by atoms with Crippen LogP contribution in [0.2, 0.25) is 0 Å². The van der Waals surface area contributed by atoms with E-state index in [0.717, 1.165) is 10.6 Å². The third kappa shape index (κ3) is 4.15. The maximum atomic E-state index is 12.2. The molecule has 0 aromatic carbocycles. The molecule has 1 atom stereocenters. The summed E-state index contributed by atoms with van der Waals surface area (Å²) in [6, 6.07) is 2.79. The molecule has 25 heavy (non-hydrogen) atoms. The van der Waals surface area contributed by atoms with E-state index in [0.29, 0.717) is 16.8 Å². The molecule has 3 aromatic rings. The van der Waals surface area contributed by atoms with Crippen LogP contribution in [-0.4, -0.2) is 31.4 Å². The topological polar surface area (TPSA) is 119 Å². The highest BCUT2D eigenvalue weighted by Gasteiger charge is 2.25. The summed E-state index contributed by atoms with van der Waals surface area (Å²) in [5.74, 6) is 0.803. The van der Waals surface area contributed by atoms with E-state index in [2.05, 4.69) is 36.0 Å². The van der Waals surface area contributed by atoms with Crippen molar-refractivity contribution in [3.05, 3.63) is 35.4 Å². The molecular formula is C15H17N7O2S. The average molecular weight is 359 g/mol. The van der Waals surface area contributed by atoms with Crippen molar-refractivity contribution >= 4 is 22.5 Å². The zero-order chi connectivity index (χ0) is 17.8. The first-order valence-electron chi connectivity index (χ1n) is 7.64. The van der Waals surface area contributed by atoms with Crippen molar-refractivity contribution in [2.24, 2.45) is 5.92 Å². The van der Waals surface area contributed by atoms with Gasteiger partial charge in [-0.05, 0) is 25.0 Å². The first-order chi connectivity index (χ1) is 12.0. The fourth-order valence-electron chi connectivity index (χ4n) is 2.11. The van der Waals surface area contributed by atoms with Crippen LogP contribution >= 0.6 is 11.3 Å². The number of carbonyl (C=O) groups is 1. The summed E-state index contributed by atoms with van der Waals surface area (Å²) in [5, 5.41) is 18.4. The van der Waals surface area contributed by atoms with Gasteiger partial charge in [-0.25, -0.2) is 4.79 Å². The molecule has 1 unspecified atom stereocenters. The van der Waals surface area contributed by atoms with E-state index in [9.17, 15) is 4.79 Å². The maximum absolute atomic E-state index is 12.2. The Kier molecular flexibility index (Phi) is 4.98. The van der Waals surface area contributed by atoms with Gasteiger partial charge in [-0.3, -0.25) is 10.3 Å². The fourth-order valence-corrected chi connectivity index (χ4v) is 2.70. The number of anilines is 1. The molecule has 3 rings (SSSR count). The lowest BCUT2D eigenvalue weighted by molar-refractivity contribution is 0.236. The van der Waals surface area contributed by atoms with Crippen molar-refractivity contribution in [1.29, 1.82) is 0 Å². The maximum Gasteiger partial charge on any atom is 0.321 e. The summed E-state index contributed by atoms with van der Waals surface area (Å²) >= 11 is 1.30. The van der Waals surface area contributed by atoms with Crippen LogP contribution in [0.5, 0.6) is 0 Å². The molecule has 0 aliphatic rings. The zero-order valence-corrected chi connectivity index (χ0v) is 14.7. The number of urea groups is 1. The molecule has 130 valence electrons. The molecule has 0 saturated carbocycles. The lowest BCUT2D eigenvalue weighted by Crippen LogP contribution is -2.35. The number of aryl methyl sites for hydroxylation is 1. The van der Waals surface area contributed by atoms with Crippen LogP contribution in [0.4, 0.5) is 9.93 Å². The second-order valence-corrected chi connectivity index (χ2v) is 6.83. The predicted octanol–water partition coefficient (Wildman–Crippen LogP) is 2.81. The summed E-state index contributed by atoms with van der Waals surface area (Å²) in [5.41, 5.74) is 0.744. The molecule has 0 aliphatic carbocycles. The molecule has 0 saturated heterocycles. The van der Waals surface area contributed by atoms with E-state index in [1.165, 1.54) is 11.3 Å². The number of aromatic nitrogens is 5. The molecule has 0 fully saturated rings. The minimum atomic E-state index is -0.438. The van der Waals surface area contributed by atoms with E-state index in [4.69, 9.17) is 4.52 Å².